The molecular weight excluding hydrogens is 881 g/mol. The van der Waals surface area contributed by atoms with Crippen LogP contribution in [0.25, 0.3) is 93.9 Å². The van der Waals surface area contributed by atoms with Gasteiger partial charge in [-0.2, -0.15) is 0 Å². The Morgan fingerprint density at radius 2 is 0.836 bits per heavy atom. The van der Waals surface area contributed by atoms with Crippen molar-refractivity contribution < 1.29 is 0 Å². The predicted octanol–water partition coefficient (Wildman–Crippen LogP) is 18.8. The van der Waals surface area contributed by atoms with Crippen LogP contribution in [0.3, 0.4) is 0 Å². The standard InChI is InChI=1S/C71H46N2/c1-2-18-47(19-3-1)51-22-14-23-52(46-51)57-25-7-11-35-66(57)72(53-42-38-49(39-43-53)56-28-15-21-48-20-4-5-24-55(48)56)54-44-40-50(41-45-54)58-29-16-33-64-69(58)61-27-6-9-31-62(61)71(64)63-32-10-13-37-68(63)73-67-36-12-8-26-59(67)60-30-17-34-65(71)70(60)73/h1-46H. The monoisotopic (exact) mass is 926 g/mol. The van der Waals surface area contributed by atoms with Crippen molar-refractivity contribution in [1.82, 2.24) is 4.57 Å². The molecule has 73 heavy (non-hydrogen) atoms. The van der Waals surface area contributed by atoms with Crippen molar-refractivity contribution in [2.45, 2.75) is 5.41 Å². The van der Waals surface area contributed by atoms with Gasteiger partial charge < -0.3 is 9.47 Å². The number of benzene rings is 12. The highest BCUT2D eigenvalue weighted by atomic mass is 15.1. The van der Waals surface area contributed by atoms with Crippen molar-refractivity contribution in [2.24, 2.45) is 0 Å². The Kier molecular flexibility index (Phi) is 9.21. The second-order valence-electron chi connectivity index (χ2n) is 19.5. The minimum Gasteiger partial charge on any atom is -0.310 e. The summed E-state index contributed by atoms with van der Waals surface area (Å²) in [7, 11) is 0. The lowest BCUT2D eigenvalue weighted by Gasteiger charge is -2.39. The van der Waals surface area contributed by atoms with E-state index in [0.29, 0.717) is 0 Å². The zero-order chi connectivity index (χ0) is 48.0. The highest BCUT2D eigenvalue weighted by Crippen LogP contribution is 2.62. The molecule has 0 radical (unpaired) electrons. The first-order chi connectivity index (χ1) is 36.2. The van der Waals surface area contributed by atoms with Gasteiger partial charge in [-0.1, -0.05) is 231 Å². The Hall–Kier alpha value is -9.50. The molecule has 0 bridgehead atoms. The van der Waals surface area contributed by atoms with Crippen LogP contribution in [-0.2, 0) is 5.41 Å². The molecule has 1 spiro atoms. The molecular formula is C71H46N2. The minimum atomic E-state index is -0.515. The number of rotatable bonds is 7. The fraction of sp³-hybridized carbons (Fsp3) is 0.0141. The molecule has 0 fully saturated rings. The summed E-state index contributed by atoms with van der Waals surface area (Å²) in [5.74, 6) is 0. The number of hydrogen-bond donors (Lipinski definition) is 0. The maximum absolute atomic E-state index is 2.52. The van der Waals surface area contributed by atoms with Gasteiger partial charge in [0.1, 0.15) is 0 Å². The summed E-state index contributed by atoms with van der Waals surface area (Å²) >= 11 is 0. The van der Waals surface area contributed by atoms with Crippen LogP contribution in [0.4, 0.5) is 17.1 Å². The second kappa shape index (κ2) is 16.3. The molecule has 12 aromatic carbocycles. The van der Waals surface area contributed by atoms with E-state index >= 15 is 0 Å². The van der Waals surface area contributed by atoms with Crippen LogP contribution in [0.2, 0.25) is 0 Å². The molecule has 1 aromatic heterocycles. The van der Waals surface area contributed by atoms with Gasteiger partial charge in [-0.3, -0.25) is 0 Å². The molecule has 1 aliphatic carbocycles. The number of nitrogens with zero attached hydrogens (tertiary/aromatic N) is 2. The number of fused-ring (bicyclic) bond motifs is 13. The summed E-state index contributed by atoms with van der Waals surface area (Å²) in [4.78, 5) is 2.43. The molecule has 0 amide bonds. The van der Waals surface area contributed by atoms with E-state index in [0.717, 1.165) is 22.6 Å². The zero-order valence-corrected chi connectivity index (χ0v) is 40.0. The van der Waals surface area contributed by atoms with Crippen LogP contribution in [0.5, 0.6) is 0 Å². The summed E-state index contributed by atoms with van der Waals surface area (Å²) in [5.41, 5.74) is 24.0. The SMILES string of the molecule is c1ccc(-c2cccc(-c3ccccc3N(c3ccc(-c4cccc5c4-c4ccccc4C54c5ccccc5-n5c6ccccc6c6cccc4c65)cc3)c3ccc(-c4cccc5ccccc45)cc3)c2)cc1. The minimum absolute atomic E-state index is 0.515. The van der Waals surface area contributed by atoms with Gasteiger partial charge in [0.05, 0.1) is 27.8 Å². The van der Waals surface area contributed by atoms with Crippen LogP contribution in [0, 0.1) is 0 Å². The third-order valence-corrected chi connectivity index (χ3v) is 15.8. The first-order valence-electron chi connectivity index (χ1n) is 25.3. The molecule has 13 aromatic rings. The topological polar surface area (TPSA) is 8.17 Å². The third kappa shape index (κ3) is 6.11. The summed E-state index contributed by atoms with van der Waals surface area (Å²) in [6.07, 6.45) is 0. The number of anilines is 3. The molecule has 0 saturated heterocycles. The second-order valence-corrected chi connectivity index (χ2v) is 19.5. The van der Waals surface area contributed by atoms with Gasteiger partial charge in [0.2, 0.25) is 0 Å². The van der Waals surface area contributed by atoms with Gasteiger partial charge in [0, 0.05) is 27.7 Å². The van der Waals surface area contributed by atoms with Gasteiger partial charge in [-0.25, -0.2) is 0 Å². The maximum atomic E-state index is 2.52. The first-order valence-corrected chi connectivity index (χ1v) is 25.3. The van der Waals surface area contributed by atoms with Crippen molar-refractivity contribution in [3.8, 4) is 61.3 Å². The number of para-hydroxylation sites is 4. The zero-order valence-electron chi connectivity index (χ0n) is 40.0. The summed E-state index contributed by atoms with van der Waals surface area (Å²) in [6, 6.07) is 103. The van der Waals surface area contributed by atoms with Gasteiger partial charge in [-0.05, 0) is 132 Å². The largest absolute Gasteiger partial charge is 0.310 e. The normalized spacial score (nSPS) is 14.1. The van der Waals surface area contributed by atoms with Gasteiger partial charge >= 0.3 is 0 Å². The van der Waals surface area contributed by atoms with Crippen LogP contribution >= 0.6 is 0 Å². The van der Waals surface area contributed by atoms with E-state index in [4.69, 9.17) is 0 Å². The predicted molar refractivity (Wildman–Crippen MR) is 306 cm³/mol. The van der Waals surface area contributed by atoms with Gasteiger partial charge in [0.25, 0.3) is 0 Å². The quantitative estimate of drug-likeness (QED) is 0.155. The van der Waals surface area contributed by atoms with Crippen molar-refractivity contribution in [3.63, 3.8) is 0 Å². The van der Waals surface area contributed by atoms with E-state index in [1.54, 1.807) is 0 Å². The maximum Gasteiger partial charge on any atom is 0.0754 e. The molecule has 1 atom stereocenters. The molecule has 2 heterocycles. The highest BCUT2D eigenvalue weighted by Gasteiger charge is 2.51. The fourth-order valence-electron chi connectivity index (χ4n) is 12.7. The Bertz CT molecular complexity index is 4310. The average Bonchev–Trinajstić information content (AvgIpc) is 3.97. The number of hydrogen-bond acceptors (Lipinski definition) is 1. The van der Waals surface area contributed by atoms with E-state index in [-0.39, 0.29) is 0 Å². The van der Waals surface area contributed by atoms with E-state index in [1.807, 2.05) is 0 Å². The first kappa shape index (κ1) is 41.3. The van der Waals surface area contributed by atoms with Crippen molar-refractivity contribution in [1.29, 1.82) is 0 Å². The molecule has 2 aliphatic rings. The lowest BCUT2D eigenvalue weighted by molar-refractivity contribution is 0.748. The summed E-state index contributed by atoms with van der Waals surface area (Å²) in [5, 5.41) is 5.06. The van der Waals surface area contributed by atoms with Crippen molar-refractivity contribution in [2.75, 3.05) is 4.90 Å². The van der Waals surface area contributed by atoms with Crippen LogP contribution < -0.4 is 4.90 Å². The molecule has 2 heteroatoms. The molecule has 1 aliphatic heterocycles. The Morgan fingerprint density at radius 3 is 1.67 bits per heavy atom. The molecule has 2 nitrogen and oxygen atoms in total. The molecule has 15 rings (SSSR count). The van der Waals surface area contributed by atoms with Crippen molar-refractivity contribution >= 4 is 49.6 Å². The van der Waals surface area contributed by atoms with E-state index < -0.39 is 5.41 Å². The Morgan fingerprint density at radius 1 is 0.301 bits per heavy atom. The van der Waals surface area contributed by atoms with E-state index in [2.05, 4.69) is 289 Å². The smallest absolute Gasteiger partial charge is 0.0754 e. The van der Waals surface area contributed by atoms with Gasteiger partial charge in [-0.15, -0.1) is 0 Å². The molecule has 0 N–H and O–H groups in total. The lowest BCUT2D eigenvalue weighted by Crippen LogP contribution is -2.33. The molecule has 1 unspecified atom stereocenters. The van der Waals surface area contributed by atoms with Crippen LogP contribution in [0.15, 0.2) is 279 Å². The fourth-order valence-corrected chi connectivity index (χ4v) is 12.7. The Labute approximate surface area is 425 Å². The third-order valence-electron chi connectivity index (χ3n) is 15.8. The lowest BCUT2D eigenvalue weighted by atomic mass is 9.65. The average molecular weight is 927 g/mol. The molecule has 340 valence electrons. The van der Waals surface area contributed by atoms with E-state index in [1.165, 1.54) is 111 Å². The highest BCUT2D eigenvalue weighted by molar-refractivity contribution is 6.13. The summed E-state index contributed by atoms with van der Waals surface area (Å²) in [6.45, 7) is 0. The summed E-state index contributed by atoms with van der Waals surface area (Å²) < 4.78 is 2.52. The van der Waals surface area contributed by atoms with Gasteiger partial charge in [0.15, 0.2) is 0 Å². The Balaban J connectivity index is 0.899. The van der Waals surface area contributed by atoms with Crippen molar-refractivity contribution in [3.05, 3.63) is 301 Å². The molecule has 0 saturated carbocycles. The van der Waals surface area contributed by atoms with Crippen LogP contribution in [0.1, 0.15) is 22.3 Å². The van der Waals surface area contributed by atoms with E-state index in [9.17, 15) is 0 Å². The van der Waals surface area contributed by atoms with Crippen LogP contribution in [-0.4, -0.2) is 4.57 Å². The number of aromatic nitrogens is 1.